The van der Waals surface area contributed by atoms with Crippen LogP contribution in [0.2, 0.25) is 0 Å². The second kappa shape index (κ2) is 7.43. The number of aliphatic hydroxyl groups excluding tert-OH is 1. The number of hydrogen-bond donors (Lipinski definition) is 5. The third kappa shape index (κ3) is 3.66. The summed E-state index contributed by atoms with van der Waals surface area (Å²) in [6.45, 7) is -0.733. The number of carbonyl (C=O) groups is 3. The van der Waals surface area contributed by atoms with Crippen LogP contribution in [0.5, 0.6) is 0 Å². The average Bonchev–Trinajstić information content (AvgIpc) is 2.62. The molecule has 0 saturated carbocycles. The minimum atomic E-state index is -1.32. The van der Waals surface area contributed by atoms with Crippen molar-refractivity contribution in [2.24, 2.45) is 0 Å². The number of nitrogens with zero attached hydrogens (tertiary/aromatic N) is 1. The molecule has 1 aliphatic rings. The highest BCUT2D eigenvalue weighted by molar-refractivity contribution is 6.29. The molecule has 0 radical (unpaired) electrons. The molecule has 0 spiro atoms. The lowest BCUT2D eigenvalue weighted by atomic mass is 9.97. The Morgan fingerprint density at radius 1 is 1.27 bits per heavy atom. The van der Waals surface area contributed by atoms with Crippen LogP contribution in [0, 0.1) is 10.8 Å². The summed E-state index contributed by atoms with van der Waals surface area (Å²) in [6.07, 6.45) is 1.17. The predicted molar refractivity (Wildman–Crippen MR) is 92.2 cm³/mol. The molecule has 0 saturated heterocycles. The fourth-order valence-corrected chi connectivity index (χ4v) is 2.23. The van der Waals surface area contributed by atoms with Crippen LogP contribution in [0.4, 0.5) is 0 Å². The number of benzene rings is 1. The van der Waals surface area contributed by atoms with Gasteiger partial charge in [0, 0.05) is 7.05 Å². The van der Waals surface area contributed by atoms with E-state index in [1.165, 1.54) is 13.1 Å². The molecule has 1 aromatic carbocycles. The van der Waals surface area contributed by atoms with Crippen molar-refractivity contribution in [3.05, 3.63) is 58.9 Å². The Hall–Kier alpha value is -3.75. The van der Waals surface area contributed by atoms with Gasteiger partial charge >= 0.3 is 5.97 Å². The highest BCUT2D eigenvalue weighted by atomic mass is 16.4. The maximum atomic E-state index is 12.2. The van der Waals surface area contributed by atoms with Gasteiger partial charge in [-0.2, -0.15) is 0 Å². The predicted octanol–water partition coefficient (Wildman–Crippen LogP) is 0.443. The molecule has 9 heteroatoms. The molecule has 0 atom stereocenters. The van der Waals surface area contributed by atoms with Crippen molar-refractivity contribution in [1.29, 1.82) is 10.8 Å². The zero-order valence-electron chi connectivity index (χ0n) is 13.7. The first-order valence-electron chi connectivity index (χ1n) is 7.40. The Labute approximate surface area is 148 Å². The molecule has 134 valence electrons. The Kier molecular flexibility index (Phi) is 5.31. The molecule has 1 aliphatic heterocycles. The SMILES string of the molecule is CN1C(=N)/C(=C\C(=N)c2ccccc2)C(O)=C(C(=O)NCC(=O)O)C1=O. The number of amides is 2. The van der Waals surface area contributed by atoms with Crippen molar-refractivity contribution in [3.8, 4) is 0 Å². The van der Waals surface area contributed by atoms with Gasteiger partial charge in [0.25, 0.3) is 11.8 Å². The molecule has 5 N–H and O–H groups in total. The highest BCUT2D eigenvalue weighted by Gasteiger charge is 2.36. The summed E-state index contributed by atoms with van der Waals surface area (Å²) in [5.41, 5.74) is -0.403. The van der Waals surface area contributed by atoms with Crippen LogP contribution >= 0.6 is 0 Å². The molecule has 0 aliphatic carbocycles. The van der Waals surface area contributed by atoms with Crippen LogP contribution in [0.1, 0.15) is 5.56 Å². The summed E-state index contributed by atoms with van der Waals surface area (Å²) >= 11 is 0. The zero-order valence-corrected chi connectivity index (χ0v) is 13.7. The van der Waals surface area contributed by atoms with E-state index in [2.05, 4.69) is 0 Å². The van der Waals surface area contributed by atoms with Gasteiger partial charge in [0.15, 0.2) is 0 Å². The number of rotatable bonds is 5. The van der Waals surface area contributed by atoms with Crippen molar-refractivity contribution < 1.29 is 24.6 Å². The molecular formula is C17H16N4O5. The smallest absolute Gasteiger partial charge is 0.322 e. The highest BCUT2D eigenvalue weighted by Crippen LogP contribution is 2.24. The van der Waals surface area contributed by atoms with Gasteiger partial charge in [0.05, 0.1) is 11.3 Å². The van der Waals surface area contributed by atoms with Crippen molar-refractivity contribution in [2.75, 3.05) is 13.6 Å². The summed E-state index contributed by atoms with van der Waals surface area (Å²) in [6, 6.07) is 8.50. The molecule has 0 unspecified atom stereocenters. The van der Waals surface area contributed by atoms with E-state index in [-0.39, 0.29) is 17.1 Å². The number of amidine groups is 1. The molecule has 1 aromatic rings. The van der Waals surface area contributed by atoms with E-state index >= 15 is 0 Å². The number of likely N-dealkylation sites (N-methyl/N-ethyl adjacent to an activating group) is 1. The number of nitrogens with one attached hydrogen (secondary N) is 3. The lowest BCUT2D eigenvalue weighted by Crippen LogP contribution is -2.45. The van der Waals surface area contributed by atoms with Crippen LogP contribution in [-0.4, -0.2) is 58.0 Å². The van der Waals surface area contributed by atoms with Crippen LogP contribution in [0.15, 0.2) is 53.3 Å². The van der Waals surface area contributed by atoms with E-state index in [1.54, 1.807) is 30.3 Å². The van der Waals surface area contributed by atoms with Gasteiger partial charge in [0.1, 0.15) is 23.7 Å². The van der Waals surface area contributed by atoms with E-state index < -0.39 is 35.7 Å². The van der Waals surface area contributed by atoms with Gasteiger partial charge in [-0.05, 0) is 11.6 Å². The van der Waals surface area contributed by atoms with Crippen LogP contribution in [-0.2, 0) is 14.4 Å². The van der Waals surface area contributed by atoms with Crippen LogP contribution in [0.25, 0.3) is 0 Å². The van der Waals surface area contributed by atoms with Crippen molar-refractivity contribution in [1.82, 2.24) is 10.2 Å². The van der Waals surface area contributed by atoms with E-state index in [4.69, 9.17) is 15.9 Å². The molecule has 2 rings (SSSR count). The topological polar surface area (TPSA) is 155 Å². The molecule has 0 bridgehead atoms. The number of carboxylic acid groups (broad SMARTS) is 1. The van der Waals surface area contributed by atoms with E-state index in [0.29, 0.717) is 5.56 Å². The number of carboxylic acids is 1. The Bertz CT molecular complexity index is 870. The lowest BCUT2D eigenvalue weighted by Gasteiger charge is -2.27. The zero-order chi connectivity index (χ0) is 19.4. The Morgan fingerprint density at radius 3 is 2.46 bits per heavy atom. The van der Waals surface area contributed by atoms with Crippen molar-refractivity contribution in [3.63, 3.8) is 0 Å². The van der Waals surface area contributed by atoms with Crippen molar-refractivity contribution >= 4 is 29.3 Å². The maximum absolute atomic E-state index is 12.2. The molecular weight excluding hydrogens is 340 g/mol. The molecule has 26 heavy (non-hydrogen) atoms. The normalized spacial score (nSPS) is 16.0. The van der Waals surface area contributed by atoms with Gasteiger partial charge in [-0.15, -0.1) is 0 Å². The number of aliphatic hydroxyl groups is 1. The summed E-state index contributed by atoms with van der Waals surface area (Å²) in [4.78, 5) is 35.7. The third-order valence-electron chi connectivity index (χ3n) is 3.60. The molecule has 9 nitrogen and oxygen atoms in total. The minimum absolute atomic E-state index is 0.0371. The second-order valence-electron chi connectivity index (χ2n) is 5.35. The van der Waals surface area contributed by atoms with Crippen LogP contribution in [0.3, 0.4) is 0 Å². The fraction of sp³-hybridized carbons (Fsp3) is 0.118. The quantitative estimate of drug-likeness (QED) is 0.382. The van der Waals surface area contributed by atoms with Gasteiger partial charge in [-0.3, -0.25) is 24.7 Å². The summed E-state index contributed by atoms with van der Waals surface area (Å²) in [7, 11) is 1.24. The summed E-state index contributed by atoms with van der Waals surface area (Å²) < 4.78 is 0. The van der Waals surface area contributed by atoms with E-state index in [0.717, 1.165) is 4.90 Å². The summed E-state index contributed by atoms with van der Waals surface area (Å²) in [5.74, 6) is -4.50. The maximum Gasteiger partial charge on any atom is 0.322 e. The van der Waals surface area contributed by atoms with Gasteiger partial charge < -0.3 is 20.9 Å². The number of carbonyl (C=O) groups excluding carboxylic acids is 2. The van der Waals surface area contributed by atoms with Gasteiger partial charge in [0.2, 0.25) is 0 Å². The first kappa shape index (κ1) is 18.6. The number of hydrogen-bond acceptors (Lipinski definition) is 6. The van der Waals surface area contributed by atoms with Gasteiger partial charge in [-0.25, -0.2) is 0 Å². The van der Waals surface area contributed by atoms with Crippen molar-refractivity contribution in [2.45, 2.75) is 0 Å². The second-order valence-corrected chi connectivity index (χ2v) is 5.35. The fourth-order valence-electron chi connectivity index (χ4n) is 2.23. The largest absolute Gasteiger partial charge is 0.506 e. The first-order valence-corrected chi connectivity index (χ1v) is 7.40. The number of allylic oxidation sites excluding steroid dienone is 1. The first-order chi connectivity index (χ1) is 12.2. The molecule has 0 aromatic heterocycles. The molecule has 1 heterocycles. The molecule has 2 amide bonds. The third-order valence-corrected chi connectivity index (χ3v) is 3.60. The van der Waals surface area contributed by atoms with Crippen LogP contribution < -0.4 is 5.32 Å². The Balaban J connectivity index is 2.47. The van der Waals surface area contributed by atoms with E-state index in [1.807, 2.05) is 5.32 Å². The standard InChI is InChI=1S/C17H16N4O5/c1-21-15(19)10(7-11(18)9-5-3-2-4-6-9)14(24)13(17(21)26)16(25)20-8-12(22)23/h2-7,18-19,24H,8H2,1H3,(H,20,25)(H,22,23)/b10-7-,18-11?,19-15?. The molecule has 0 fully saturated rings. The average molecular weight is 356 g/mol. The lowest BCUT2D eigenvalue weighted by molar-refractivity contribution is -0.138. The Morgan fingerprint density at radius 2 is 1.88 bits per heavy atom. The monoisotopic (exact) mass is 356 g/mol. The van der Waals surface area contributed by atoms with E-state index in [9.17, 15) is 19.5 Å². The summed E-state index contributed by atoms with van der Waals surface area (Å²) in [5, 5.41) is 37.0. The number of aliphatic carboxylic acids is 1. The van der Waals surface area contributed by atoms with Gasteiger partial charge in [-0.1, -0.05) is 30.3 Å². The minimum Gasteiger partial charge on any atom is -0.506 e.